The van der Waals surface area contributed by atoms with Gasteiger partial charge in [-0.25, -0.2) is 9.97 Å². The van der Waals surface area contributed by atoms with Gasteiger partial charge in [0, 0.05) is 45.1 Å². The van der Waals surface area contributed by atoms with Crippen molar-refractivity contribution in [2.75, 3.05) is 44.7 Å². The van der Waals surface area contributed by atoms with Crippen molar-refractivity contribution < 1.29 is 9.53 Å². The third kappa shape index (κ3) is 4.67. The van der Waals surface area contributed by atoms with Gasteiger partial charge in [0.25, 0.3) is 0 Å². The predicted octanol–water partition coefficient (Wildman–Crippen LogP) is 0.924. The molecule has 1 aliphatic rings. The van der Waals surface area contributed by atoms with Crippen molar-refractivity contribution in [3.8, 4) is 5.75 Å². The number of ether oxygens (including phenoxy) is 1. The van der Waals surface area contributed by atoms with Crippen molar-refractivity contribution in [3.05, 3.63) is 48.3 Å². The number of hydrogen-bond acceptors (Lipinski definition) is 6. The average Bonchev–Trinajstić information content (AvgIpc) is 2.69. The lowest BCUT2D eigenvalue weighted by Crippen LogP contribution is -2.51. The largest absolute Gasteiger partial charge is 0.497 e. The van der Waals surface area contributed by atoms with Gasteiger partial charge in [0.2, 0.25) is 11.9 Å². The van der Waals surface area contributed by atoms with Crippen LogP contribution in [0.15, 0.2) is 42.7 Å². The molecule has 3 rings (SSSR count). The van der Waals surface area contributed by atoms with Gasteiger partial charge in [-0.05, 0) is 23.8 Å². The summed E-state index contributed by atoms with van der Waals surface area (Å²) in [5.74, 6) is 1.69. The van der Waals surface area contributed by atoms with Crippen LogP contribution < -0.4 is 15.0 Å². The van der Waals surface area contributed by atoms with Crippen LogP contribution >= 0.6 is 0 Å². The van der Waals surface area contributed by atoms with Gasteiger partial charge in [-0.3, -0.25) is 4.79 Å². The molecule has 1 N–H and O–H groups in total. The third-order valence-corrected chi connectivity index (χ3v) is 4.23. The molecular weight excluding hydrogens is 318 g/mol. The molecule has 0 spiro atoms. The fourth-order valence-electron chi connectivity index (χ4n) is 2.78. The van der Waals surface area contributed by atoms with Crippen LogP contribution in [-0.2, 0) is 11.3 Å². The molecule has 0 saturated carbocycles. The molecule has 1 amide bonds. The van der Waals surface area contributed by atoms with Gasteiger partial charge in [0.05, 0.1) is 13.7 Å². The number of carbonyl (C=O) groups is 1. The molecular formula is C18H23N5O2. The lowest BCUT2D eigenvalue weighted by atomic mass is 10.2. The molecule has 132 valence electrons. The molecule has 0 aliphatic carbocycles. The van der Waals surface area contributed by atoms with Crippen LogP contribution in [0.3, 0.4) is 0 Å². The summed E-state index contributed by atoms with van der Waals surface area (Å²) in [7, 11) is 1.65. The van der Waals surface area contributed by atoms with Crippen LogP contribution in [0.5, 0.6) is 5.75 Å². The van der Waals surface area contributed by atoms with Gasteiger partial charge in [-0.1, -0.05) is 12.1 Å². The summed E-state index contributed by atoms with van der Waals surface area (Å²) >= 11 is 0. The summed E-state index contributed by atoms with van der Waals surface area (Å²) in [6, 6.07) is 9.63. The van der Waals surface area contributed by atoms with Crippen molar-refractivity contribution in [3.63, 3.8) is 0 Å². The van der Waals surface area contributed by atoms with Gasteiger partial charge in [-0.2, -0.15) is 0 Å². The van der Waals surface area contributed by atoms with Crippen molar-refractivity contribution in [1.82, 2.24) is 20.2 Å². The van der Waals surface area contributed by atoms with Crippen molar-refractivity contribution in [1.29, 1.82) is 0 Å². The minimum absolute atomic E-state index is 0.127. The van der Waals surface area contributed by atoms with Gasteiger partial charge >= 0.3 is 0 Å². The van der Waals surface area contributed by atoms with Crippen LogP contribution in [-0.4, -0.2) is 60.6 Å². The zero-order chi connectivity index (χ0) is 17.5. The van der Waals surface area contributed by atoms with Crippen molar-refractivity contribution >= 4 is 11.9 Å². The SMILES string of the molecule is COc1ccc(CNCC(=O)N2CCN(c3ncccn3)CC2)cc1. The van der Waals surface area contributed by atoms with Gasteiger partial charge in [0.1, 0.15) is 5.75 Å². The van der Waals surface area contributed by atoms with Gasteiger partial charge in [0.15, 0.2) is 0 Å². The number of nitrogens with one attached hydrogen (secondary N) is 1. The molecule has 1 saturated heterocycles. The first-order valence-electron chi connectivity index (χ1n) is 8.39. The number of rotatable bonds is 6. The van der Waals surface area contributed by atoms with E-state index >= 15 is 0 Å². The Kier molecular flexibility index (Phi) is 5.79. The molecule has 2 heterocycles. The molecule has 1 aliphatic heterocycles. The smallest absolute Gasteiger partial charge is 0.236 e. The molecule has 25 heavy (non-hydrogen) atoms. The highest BCUT2D eigenvalue weighted by atomic mass is 16.5. The molecule has 1 aromatic carbocycles. The minimum atomic E-state index is 0.127. The summed E-state index contributed by atoms with van der Waals surface area (Å²) < 4.78 is 5.14. The lowest BCUT2D eigenvalue weighted by Gasteiger charge is -2.34. The predicted molar refractivity (Wildman–Crippen MR) is 95.5 cm³/mol. The number of methoxy groups -OCH3 is 1. The normalized spacial score (nSPS) is 14.4. The molecule has 1 aromatic heterocycles. The number of anilines is 1. The molecule has 0 unspecified atom stereocenters. The molecule has 7 heteroatoms. The zero-order valence-electron chi connectivity index (χ0n) is 14.4. The van der Waals surface area contributed by atoms with Gasteiger partial charge < -0.3 is 19.9 Å². The van der Waals surface area contributed by atoms with E-state index in [4.69, 9.17) is 4.74 Å². The first-order valence-corrected chi connectivity index (χ1v) is 8.39. The number of nitrogens with zero attached hydrogens (tertiary/aromatic N) is 4. The molecule has 1 fully saturated rings. The summed E-state index contributed by atoms with van der Waals surface area (Å²) in [6.45, 7) is 3.91. The maximum Gasteiger partial charge on any atom is 0.236 e. The third-order valence-electron chi connectivity index (χ3n) is 4.23. The Morgan fingerprint density at radius 2 is 1.80 bits per heavy atom. The van der Waals surface area contributed by atoms with E-state index < -0.39 is 0 Å². The Balaban J connectivity index is 1.40. The molecule has 0 bridgehead atoms. The highest BCUT2D eigenvalue weighted by molar-refractivity contribution is 5.78. The van der Waals surface area contributed by atoms with E-state index in [2.05, 4.69) is 20.2 Å². The highest BCUT2D eigenvalue weighted by Gasteiger charge is 2.21. The fourth-order valence-corrected chi connectivity index (χ4v) is 2.78. The van der Waals surface area contributed by atoms with Crippen molar-refractivity contribution in [2.45, 2.75) is 6.54 Å². The van der Waals surface area contributed by atoms with Crippen LogP contribution in [0.25, 0.3) is 0 Å². The molecule has 0 atom stereocenters. The first-order chi connectivity index (χ1) is 12.3. The second-order valence-corrected chi connectivity index (χ2v) is 5.87. The van der Waals surface area contributed by atoms with Crippen molar-refractivity contribution in [2.24, 2.45) is 0 Å². The molecule has 0 radical (unpaired) electrons. The molecule has 7 nitrogen and oxygen atoms in total. The summed E-state index contributed by atoms with van der Waals surface area (Å²) in [5.41, 5.74) is 1.12. The quantitative estimate of drug-likeness (QED) is 0.843. The Morgan fingerprint density at radius 1 is 1.12 bits per heavy atom. The van der Waals surface area contributed by atoms with E-state index in [9.17, 15) is 4.79 Å². The lowest BCUT2D eigenvalue weighted by molar-refractivity contribution is -0.130. The maximum absolute atomic E-state index is 12.3. The number of piperazine rings is 1. The summed E-state index contributed by atoms with van der Waals surface area (Å²) in [5, 5.41) is 3.21. The van der Waals surface area contributed by atoms with Gasteiger partial charge in [-0.15, -0.1) is 0 Å². The second-order valence-electron chi connectivity index (χ2n) is 5.87. The number of benzene rings is 1. The summed E-state index contributed by atoms with van der Waals surface area (Å²) in [6.07, 6.45) is 3.48. The first kappa shape index (κ1) is 17.2. The Hall–Kier alpha value is -2.67. The second kappa shape index (κ2) is 8.43. The Bertz CT molecular complexity index is 670. The van der Waals surface area contributed by atoms with E-state index in [1.165, 1.54) is 0 Å². The van der Waals surface area contributed by atoms with Crippen LogP contribution in [0.1, 0.15) is 5.56 Å². The maximum atomic E-state index is 12.3. The van der Waals surface area contributed by atoms with E-state index in [0.29, 0.717) is 26.2 Å². The van der Waals surface area contributed by atoms with E-state index in [1.54, 1.807) is 25.6 Å². The van der Waals surface area contributed by atoms with Crippen LogP contribution in [0.2, 0.25) is 0 Å². The Morgan fingerprint density at radius 3 is 2.44 bits per heavy atom. The van der Waals surface area contributed by atoms with E-state index in [-0.39, 0.29) is 5.91 Å². The number of carbonyl (C=O) groups excluding carboxylic acids is 1. The zero-order valence-corrected chi connectivity index (χ0v) is 14.4. The summed E-state index contributed by atoms with van der Waals surface area (Å²) in [4.78, 5) is 24.8. The number of hydrogen-bond donors (Lipinski definition) is 1. The average molecular weight is 341 g/mol. The standard InChI is InChI=1S/C18H23N5O2/c1-25-16-5-3-15(4-6-16)13-19-14-17(24)22-9-11-23(12-10-22)18-20-7-2-8-21-18/h2-8,19H,9-14H2,1H3. The van der Waals surface area contributed by atoms with Crippen LogP contribution in [0.4, 0.5) is 5.95 Å². The monoisotopic (exact) mass is 341 g/mol. The van der Waals surface area contributed by atoms with E-state index in [0.717, 1.165) is 30.4 Å². The number of aromatic nitrogens is 2. The highest BCUT2D eigenvalue weighted by Crippen LogP contribution is 2.11. The minimum Gasteiger partial charge on any atom is -0.497 e. The van der Waals surface area contributed by atoms with E-state index in [1.807, 2.05) is 29.2 Å². The number of amides is 1. The fraction of sp³-hybridized carbons (Fsp3) is 0.389. The molecule has 2 aromatic rings. The van der Waals surface area contributed by atoms with Crippen LogP contribution in [0, 0.1) is 0 Å². The topological polar surface area (TPSA) is 70.6 Å². The Labute approximate surface area is 147 Å².